The SMILES string of the molecule is CCOC(=O)c1nc(-c2cccc(OC)c2)no1. The van der Waals surface area contributed by atoms with Crippen LogP contribution in [0.2, 0.25) is 0 Å². The standard InChI is InChI=1S/C12H12N2O4/c1-3-17-12(15)11-13-10(14-18-11)8-5-4-6-9(7-8)16-2/h4-7H,3H2,1-2H3. The van der Waals surface area contributed by atoms with Gasteiger partial charge in [0.15, 0.2) is 0 Å². The van der Waals surface area contributed by atoms with Gasteiger partial charge in [-0.3, -0.25) is 0 Å². The second-order valence-electron chi connectivity index (χ2n) is 3.38. The largest absolute Gasteiger partial charge is 0.497 e. The molecule has 0 saturated heterocycles. The van der Waals surface area contributed by atoms with Gasteiger partial charge in [-0.05, 0) is 19.1 Å². The Morgan fingerprint density at radius 1 is 1.44 bits per heavy atom. The maximum absolute atomic E-state index is 11.4. The van der Waals surface area contributed by atoms with Crippen molar-refractivity contribution in [3.63, 3.8) is 0 Å². The van der Waals surface area contributed by atoms with Gasteiger partial charge in [0.1, 0.15) is 5.75 Å². The van der Waals surface area contributed by atoms with Gasteiger partial charge in [-0.2, -0.15) is 4.98 Å². The van der Waals surface area contributed by atoms with E-state index in [-0.39, 0.29) is 12.5 Å². The first-order chi connectivity index (χ1) is 8.74. The highest BCUT2D eigenvalue weighted by Crippen LogP contribution is 2.21. The number of rotatable bonds is 4. The van der Waals surface area contributed by atoms with Crippen molar-refractivity contribution in [2.75, 3.05) is 13.7 Å². The summed E-state index contributed by atoms with van der Waals surface area (Å²) >= 11 is 0. The summed E-state index contributed by atoms with van der Waals surface area (Å²) in [4.78, 5) is 15.3. The first-order valence-corrected chi connectivity index (χ1v) is 5.40. The number of carbonyl (C=O) groups excluding carboxylic acids is 1. The molecule has 2 aromatic rings. The molecule has 6 nitrogen and oxygen atoms in total. The predicted molar refractivity (Wildman–Crippen MR) is 62.2 cm³/mol. The normalized spacial score (nSPS) is 10.1. The van der Waals surface area contributed by atoms with E-state index in [1.54, 1.807) is 38.3 Å². The molecule has 1 heterocycles. The monoisotopic (exact) mass is 248 g/mol. The second kappa shape index (κ2) is 5.31. The van der Waals surface area contributed by atoms with Crippen LogP contribution in [0.4, 0.5) is 0 Å². The van der Waals surface area contributed by atoms with E-state index in [0.717, 1.165) is 0 Å². The summed E-state index contributed by atoms with van der Waals surface area (Å²) in [6.45, 7) is 1.97. The van der Waals surface area contributed by atoms with Crippen molar-refractivity contribution in [2.24, 2.45) is 0 Å². The molecule has 0 spiro atoms. The third kappa shape index (κ3) is 2.48. The third-order valence-corrected chi connectivity index (χ3v) is 2.20. The van der Waals surface area contributed by atoms with Crippen LogP contribution < -0.4 is 4.74 Å². The highest BCUT2D eigenvalue weighted by atomic mass is 16.6. The summed E-state index contributed by atoms with van der Waals surface area (Å²) in [6.07, 6.45) is 0. The first kappa shape index (κ1) is 12.1. The predicted octanol–water partition coefficient (Wildman–Crippen LogP) is 1.92. The van der Waals surface area contributed by atoms with Crippen molar-refractivity contribution in [3.8, 4) is 17.1 Å². The number of carbonyl (C=O) groups is 1. The molecule has 0 saturated carbocycles. The summed E-state index contributed by atoms with van der Waals surface area (Å²) in [5.41, 5.74) is 0.702. The molecular formula is C12H12N2O4. The average Bonchev–Trinajstić information content (AvgIpc) is 2.89. The number of benzene rings is 1. The molecule has 0 amide bonds. The number of methoxy groups -OCH3 is 1. The summed E-state index contributed by atoms with van der Waals surface area (Å²) in [6, 6.07) is 7.15. The Balaban J connectivity index is 2.26. The van der Waals surface area contributed by atoms with Gasteiger partial charge < -0.3 is 14.0 Å². The Kier molecular flexibility index (Phi) is 3.57. The molecule has 94 valence electrons. The summed E-state index contributed by atoms with van der Waals surface area (Å²) in [5.74, 6) is 0.209. The van der Waals surface area contributed by atoms with Gasteiger partial charge in [0.2, 0.25) is 5.82 Å². The smallest absolute Gasteiger partial charge is 0.397 e. The molecule has 2 rings (SSSR count). The lowest BCUT2D eigenvalue weighted by atomic mass is 10.2. The molecule has 0 aliphatic carbocycles. The fraction of sp³-hybridized carbons (Fsp3) is 0.250. The Hall–Kier alpha value is -2.37. The van der Waals surface area contributed by atoms with E-state index in [1.165, 1.54) is 0 Å². The van der Waals surface area contributed by atoms with Crippen LogP contribution in [0.15, 0.2) is 28.8 Å². The van der Waals surface area contributed by atoms with E-state index in [9.17, 15) is 4.79 Å². The number of esters is 1. The van der Waals surface area contributed by atoms with Gasteiger partial charge in [-0.25, -0.2) is 4.79 Å². The molecule has 0 aliphatic heterocycles. The van der Waals surface area contributed by atoms with E-state index >= 15 is 0 Å². The summed E-state index contributed by atoms with van der Waals surface area (Å²) < 4.78 is 14.7. The van der Waals surface area contributed by atoms with Gasteiger partial charge in [-0.15, -0.1) is 0 Å². The van der Waals surface area contributed by atoms with E-state index in [2.05, 4.69) is 10.1 Å². The molecule has 6 heteroatoms. The number of hydrogen-bond acceptors (Lipinski definition) is 6. The quantitative estimate of drug-likeness (QED) is 0.769. The molecule has 1 aromatic heterocycles. The molecule has 1 aromatic carbocycles. The molecule has 0 aliphatic rings. The fourth-order valence-corrected chi connectivity index (χ4v) is 1.38. The molecule has 0 atom stereocenters. The molecule has 0 fully saturated rings. The highest BCUT2D eigenvalue weighted by Gasteiger charge is 2.17. The lowest BCUT2D eigenvalue weighted by Gasteiger charge is -1.99. The number of hydrogen-bond donors (Lipinski definition) is 0. The second-order valence-corrected chi connectivity index (χ2v) is 3.38. The Labute approximate surface area is 104 Å². The molecule has 0 unspecified atom stereocenters. The zero-order chi connectivity index (χ0) is 13.0. The minimum absolute atomic E-state index is 0.158. The Morgan fingerprint density at radius 3 is 3.00 bits per heavy atom. The zero-order valence-corrected chi connectivity index (χ0v) is 10.0. The van der Waals surface area contributed by atoms with E-state index in [4.69, 9.17) is 14.0 Å². The minimum atomic E-state index is -0.626. The maximum atomic E-state index is 11.4. The highest BCUT2D eigenvalue weighted by molar-refractivity contribution is 5.84. The van der Waals surface area contributed by atoms with Crippen LogP contribution >= 0.6 is 0 Å². The van der Waals surface area contributed by atoms with E-state index in [0.29, 0.717) is 17.1 Å². The number of aromatic nitrogens is 2. The zero-order valence-electron chi connectivity index (χ0n) is 10.0. The van der Waals surface area contributed by atoms with E-state index in [1.807, 2.05) is 0 Å². The van der Waals surface area contributed by atoms with Crippen molar-refractivity contribution >= 4 is 5.97 Å². The fourth-order valence-electron chi connectivity index (χ4n) is 1.38. The summed E-state index contributed by atoms with van der Waals surface area (Å²) in [7, 11) is 1.57. The van der Waals surface area contributed by atoms with Crippen LogP contribution in [-0.2, 0) is 4.74 Å². The van der Waals surface area contributed by atoms with Crippen LogP contribution in [0.5, 0.6) is 5.75 Å². The van der Waals surface area contributed by atoms with Crippen molar-refractivity contribution in [1.82, 2.24) is 10.1 Å². The molecule has 0 N–H and O–H groups in total. The van der Waals surface area contributed by atoms with Crippen molar-refractivity contribution < 1.29 is 18.8 Å². The molecule has 0 radical (unpaired) electrons. The van der Waals surface area contributed by atoms with Crippen molar-refractivity contribution in [3.05, 3.63) is 30.2 Å². The van der Waals surface area contributed by atoms with Gasteiger partial charge >= 0.3 is 11.9 Å². The number of nitrogens with zero attached hydrogens (tertiary/aromatic N) is 2. The summed E-state index contributed by atoms with van der Waals surface area (Å²) in [5, 5.41) is 3.72. The van der Waals surface area contributed by atoms with Crippen LogP contribution in [-0.4, -0.2) is 29.8 Å². The number of ether oxygens (including phenoxy) is 2. The molecule has 18 heavy (non-hydrogen) atoms. The molecule has 0 bridgehead atoms. The van der Waals surface area contributed by atoms with Crippen LogP contribution in [0.25, 0.3) is 11.4 Å². The maximum Gasteiger partial charge on any atom is 0.397 e. The van der Waals surface area contributed by atoms with E-state index < -0.39 is 5.97 Å². The average molecular weight is 248 g/mol. The Morgan fingerprint density at radius 2 is 2.28 bits per heavy atom. The topological polar surface area (TPSA) is 74.5 Å². The van der Waals surface area contributed by atoms with Gasteiger partial charge in [0, 0.05) is 5.56 Å². The third-order valence-electron chi connectivity index (χ3n) is 2.20. The van der Waals surface area contributed by atoms with Crippen LogP contribution in [0, 0.1) is 0 Å². The van der Waals surface area contributed by atoms with Gasteiger partial charge in [0.25, 0.3) is 0 Å². The van der Waals surface area contributed by atoms with Crippen LogP contribution in [0.3, 0.4) is 0 Å². The van der Waals surface area contributed by atoms with Crippen molar-refractivity contribution in [1.29, 1.82) is 0 Å². The first-order valence-electron chi connectivity index (χ1n) is 5.40. The molecular weight excluding hydrogens is 236 g/mol. The lowest BCUT2D eigenvalue weighted by Crippen LogP contribution is -2.04. The lowest BCUT2D eigenvalue weighted by molar-refractivity contribution is 0.0470. The Bertz CT molecular complexity index is 551. The minimum Gasteiger partial charge on any atom is -0.497 e. The van der Waals surface area contributed by atoms with Crippen molar-refractivity contribution in [2.45, 2.75) is 6.92 Å². The van der Waals surface area contributed by atoms with Crippen LogP contribution in [0.1, 0.15) is 17.6 Å². The van der Waals surface area contributed by atoms with Gasteiger partial charge in [-0.1, -0.05) is 17.3 Å². The van der Waals surface area contributed by atoms with Gasteiger partial charge in [0.05, 0.1) is 13.7 Å².